The number of likely N-dealkylation sites (tertiary alicyclic amines) is 1. The number of Topliss-reactive ketones (excluding diaryl/α,β-unsaturated/α-hetero) is 2. The molecule has 1 aliphatic rings. The third kappa shape index (κ3) is 5.17. The quantitative estimate of drug-likeness (QED) is 0.265. The van der Waals surface area contributed by atoms with Gasteiger partial charge in [-0.15, -0.1) is 0 Å². The summed E-state index contributed by atoms with van der Waals surface area (Å²) < 4.78 is 2.48. The Bertz CT molecular complexity index is 1280. The summed E-state index contributed by atoms with van der Waals surface area (Å²) in [6.07, 6.45) is 3.20. The van der Waals surface area contributed by atoms with Gasteiger partial charge in [0.05, 0.1) is 12.1 Å². The first kappa shape index (κ1) is 23.6. The molecule has 1 fully saturated rings. The zero-order valence-corrected chi connectivity index (χ0v) is 20.1. The number of fused-ring (bicyclic) bond motifs is 1. The Hall–Kier alpha value is -3.52. The molecule has 2 amide bonds. The smallest absolute Gasteiger partial charge is 0.292 e. The van der Waals surface area contributed by atoms with E-state index in [1.807, 2.05) is 42.5 Å². The van der Waals surface area contributed by atoms with Crippen LogP contribution in [0, 0.1) is 5.92 Å². The molecule has 0 radical (unpaired) electrons. The van der Waals surface area contributed by atoms with Crippen LogP contribution in [-0.4, -0.2) is 45.9 Å². The molecule has 4 rings (SSSR count). The van der Waals surface area contributed by atoms with E-state index in [2.05, 4.69) is 27.8 Å². The van der Waals surface area contributed by atoms with Gasteiger partial charge in [0.25, 0.3) is 11.7 Å². The monoisotopic (exact) mass is 521 g/mol. The van der Waals surface area contributed by atoms with E-state index in [-0.39, 0.29) is 36.3 Å². The standard InChI is InChI=1S/C26H24BrN3O4/c1-2-24(32)30-13-18(14-30)10-20(31)15-29-16-22(21-11-19(27)8-9-23(21)29)25(33)26(34)28-12-17-6-4-3-5-7-17/h2-9,11,16,18H,1,10,12-15H2,(H,28,34). The third-order valence-electron chi connectivity index (χ3n) is 5.90. The van der Waals surface area contributed by atoms with Gasteiger partial charge < -0.3 is 14.8 Å². The number of halogens is 1. The molecule has 3 aromatic rings. The molecule has 8 heteroatoms. The van der Waals surface area contributed by atoms with E-state index < -0.39 is 11.7 Å². The van der Waals surface area contributed by atoms with Gasteiger partial charge in [-0.3, -0.25) is 19.2 Å². The van der Waals surface area contributed by atoms with Gasteiger partial charge in [0.1, 0.15) is 0 Å². The molecule has 0 atom stereocenters. The van der Waals surface area contributed by atoms with Gasteiger partial charge in [-0.2, -0.15) is 0 Å². The van der Waals surface area contributed by atoms with Crippen LogP contribution in [0.25, 0.3) is 10.9 Å². The lowest BCUT2D eigenvalue weighted by molar-refractivity contribution is -0.134. The first-order valence-corrected chi connectivity index (χ1v) is 11.7. The minimum Gasteiger partial charge on any atom is -0.345 e. The van der Waals surface area contributed by atoms with E-state index in [9.17, 15) is 19.2 Å². The molecule has 0 bridgehead atoms. The van der Waals surface area contributed by atoms with Crippen molar-refractivity contribution in [3.05, 3.63) is 83.0 Å². The molecule has 1 aliphatic heterocycles. The SMILES string of the molecule is C=CC(=O)N1CC(CC(=O)Cn2cc(C(=O)C(=O)NCc3ccccc3)c3cc(Br)ccc32)C1. The van der Waals surface area contributed by atoms with Crippen LogP contribution in [0.4, 0.5) is 0 Å². The summed E-state index contributed by atoms with van der Waals surface area (Å²) >= 11 is 3.42. The van der Waals surface area contributed by atoms with Crippen molar-refractivity contribution in [3.63, 3.8) is 0 Å². The van der Waals surface area contributed by atoms with E-state index in [4.69, 9.17) is 0 Å². The van der Waals surface area contributed by atoms with Crippen molar-refractivity contribution < 1.29 is 19.2 Å². The zero-order valence-electron chi connectivity index (χ0n) is 18.5. The molecule has 1 N–H and O–H groups in total. The Morgan fingerprint density at radius 2 is 1.82 bits per heavy atom. The Kier molecular flexibility index (Phi) is 7.07. The summed E-state index contributed by atoms with van der Waals surface area (Å²) in [5.74, 6) is -1.35. The number of nitrogens with one attached hydrogen (secondary N) is 1. The fourth-order valence-corrected chi connectivity index (χ4v) is 4.51. The zero-order chi connectivity index (χ0) is 24.2. The molecule has 1 saturated heterocycles. The molecule has 0 spiro atoms. The van der Waals surface area contributed by atoms with Crippen LogP contribution in [-0.2, 0) is 27.5 Å². The van der Waals surface area contributed by atoms with Crippen LogP contribution >= 0.6 is 15.9 Å². The van der Waals surface area contributed by atoms with E-state index in [1.54, 1.807) is 21.7 Å². The van der Waals surface area contributed by atoms with Gasteiger partial charge in [-0.25, -0.2) is 0 Å². The Labute approximate surface area is 205 Å². The van der Waals surface area contributed by atoms with Crippen LogP contribution in [0.5, 0.6) is 0 Å². The predicted molar refractivity (Wildman–Crippen MR) is 132 cm³/mol. The van der Waals surface area contributed by atoms with E-state index in [1.165, 1.54) is 6.08 Å². The first-order chi connectivity index (χ1) is 16.4. The van der Waals surface area contributed by atoms with E-state index in [0.717, 1.165) is 10.0 Å². The Balaban J connectivity index is 1.47. The van der Waals surface area contributed by atoms with Crippen molar-refractivity contribution in [1.82, 2.24) is 14.8 Å². The van der Waals surface area contributed by atoms with Crippen LogP contribution in [0.15, 0.2) is 71.9 Å². The number of nitrogens with zero attached hydrogens (tertiary/aromatic N) is 2. The average Bonchev–Trinajstić information content (AvgIpc) is 3.16. The van der Waals surface area contributed by atoms with Crippen LogP contribution in [0.3, 0.4) is 0 Å². The lowest BCUT2D eigenvalue weighted by Crippen LogP contribution is -2.50. The highest BCUT2D eigenvalue weighted by Gasteiger charge is 2.31. The summed E-state index contributed by atoms with van der Waals surface area (Å²) in [6.45, 7) is 4.90. The van der Waals surface area contributed by atoms with E-state index in [0.29, 0.717) is 30.4 Å². The number of carbonyl (C=O) groups is 4. The minimum atomic E-state index is -0.698. The number of aromatic nitrogens is 1. The molecule has 0 aliphatic carbocycles. The van der Waals surface area contributed by atoms with Crippen molar-refractivity contribution in [1.29, 1.82) is 0 Å². The van der Waals surface area contributed by atoms with Gasteiger partial charge in [0.15, 0.2) is 5.78 Å². The van der Waals surface area contributed by atoms with Crippen molar-refractivity contribution in [2.75, 3.05) is 13.1 Å². The van der Waals surface area contributed by atoms with E-state index >= 15 is 0 Å². The second-order valence-corrected chi connectivity index (χ2v) is 9.30. The summed E-state index contributed by atoms with van der Waals surface area (Å²) in [6, 6.07) is 14.8. The predicted octanol–water partition coefficient (Wildman–Crippen LogP) is 3.51. The summed E-state index contributed by atoms with van der Waals surface area (Å²) in [5.41, 5.74) is 1.85. The highest BCUT2D eigenvalue weighted by Crippen LogP contribution is 2.27. The lowest BCUT2D eigenvalue weighted by Gasteiger charge is -2.38. The molecular formula is C26H24BrN3O4. The fourth-order valence-electron chi connectivity index (χ4n) is 4.15. The summed E-state index contributed by atoms with van der Waals surface area (Å²) in [7, 11) is 0. The molecule has 7 nitrogen and oxygen atoms in total. The molecule has 2 aromatic carbocycles. The number of hydrogen-bond donors (Lipinski definition) is 1. The normalized spacial score (nSPS) is 13.4. The highest BCUT2D eigenvalue weighted by atomic mass is 79.9. The number of carbonyl (C=O) groups excluding carboxylic acids is 4. The van der Waals surface area contributed by atoms with Crippen molar-refractivity contribution in [2.45, 2.75) is 19.5 Å². The van der Waals surface area contributed by atoms with Crippen LogP contribution < -0.4 is 5.32 Å². The molecule has 34 heavy (non-hydrogen) atoms. The number of ketones is 2. The highest BCUT2D eigenvalue weighted by molar-refractivity contribution is 9.10. The Morgan fingerprint density at radius 3 is 2.53 bits per heavy atom. The number of rotatable bonds is 9. The molecular weight excluding hydrogens is 498 g/mol. The topological polar surface area (TPSA) is 88.5 Å². The average molecular weight is 522 g/mol. The number of amides is 2. The maximum absolute atomic E-state index is 13.0. The van der Waals surface area contributed by atoms with Gasteiger partial charge in [-0.05, 0) is 29.8 Å². The summed E-state index contributed by atoms with van der Waals surface area (Å²) in [5, 5.41) is 3.28. The largest absolute Gasteiger partial charge is 0.345 e. The minimum absolute atomic E-state index is 0.00282. The molecule has 0 saturated carbocycles. The van der Waals surface area contributed by atoms with Crippen molar-refractivity contribution in [3.8, 4) is 0 Å². The second kappa shape index (κ2) is 10.2. The fraction of sp³-hybridized carbons (Fsp3) is 0.231. The number of benzene rings is 2. The first-order valence-electron chi connectivity index (χ1n) is 10.9. The molecule has 2 heterocycles. The van der Waals surface area contributed by atoms with Crippen LogP contribution in [0.2, 0.25) is 0 Å². The Morgan fingerprint density at radius 1 is 1.09 bits per heavy atom. The maximum atomic E-state index is 13.0. The summed E-state index contributed by atoms with van der Waals surface area (Å²) in [4.78, 5) is 51.5. The van der Waals surface area contributed by atoms with Crippen molar-refractivity contribution in [2.24, 2.45) is 5.92 Å². The van der Waals surface area contributed by atoms with Gasteiger partial charge in [-0.1, -0.05) is 52.8 Å². The maximum Gasteiger partial charge on any atom is 0.292 e. The van der Waals surface area contributed by atoms with Gasteiger partial charge in [0, 0.05) is 53.5 Å². The molecule has 0 unspecified atom stereocenters. The lowest BCUT2D eigenvalue weighted by atomic mass is 9.94. The van der Waals surface area contributed by atoms with Gasteiger partial charge >= 0.3 is 0 Å². The molecule has 174 valence electrons. The third-order valence-corrected chi connectivity index (χ3v) is 6.39. The number of hydrogen-bond acceptors (Lipinski definition) is 4. The van der Waals surface area contributed by atoms with Gasteiger partial charge in [0.2, 0.25) is 5.91 Å². The second-order valence-electron chi connectivity index (χ2n) is 8.39. The van der Waals surface area contributed by atoms with Crippen LogP contribution in [0.1, 0.15) is 22.3 Å². The molecule has 1 aromatic heterocycles. The van der Waals surface area contributed by atoms with Crippen molar-refractivity contribution >= 4 is 50.2 Å².